The standard InChI is InChI=1S/C18H26N2O2/c1-12(2)16(21)18(3,4)11-19-10-14-9-13-7-5-6-8-15(13)20-17(14)22/h5-9,12,16,19,21H,10-11H2,1-4H3,(H,20,22). The van der Waals surface area contributed by atoms with Gasteiger partial charge in [-0.25, -0.2) is 0 Å². The average Bonchev–Trinajstić information content (AvgIpc) is 2.46. The molecule has 2 rings (SSSR count). The van der Waals surface area contributed by atoms with E-state index in [1.54, 1.807) is 0 Å². The summed E-state index contributed by atoms with van der Waals surface area (Å²) in [7, 11) is 0. The number of para-hydroxylation sites is 1. The molecule has 4 heteroatoms. The van der Waals surface area contributed by atoms with Crippen LogP contribution >= 0.6 is 0 Å². The first kappa shape index (κ1) is 16.7. The van der Waals surface area contributed by atoms with E-state index in [-0.39, 0.29) is 23.0 Å². The number of fused-ring (bicyclic) bond motifs is 1. The maximum Gasteiger partial charge on any atom is 0.252 e. The molecule has 120 valence electrons. The van der Waals surface area contributed by atoms with Gasteiger partial charge in [0.15, 0.2) is 0 Å². The van der Waals surface area contributed by atoms with Crippen molar-refractivity contribution in [2.45, 2.75) is 40.3 Å². The third kappa shape index (κ3) is 3.76. The molecule has 2 aromatic rings. The van der Waals surface area contributed by atoms with Crippen LogP contribution in [0.3, 0.4) is 0 Å². The molecule has 1 unspecified atom stereocenters. The summed E-state index contributed by atoms with van der Waals surface area (Å²) in [4.78, 5) is 15.0. The minimum atomic E-state index is -0.380. The van der Waals surface area contributed by atoms with Crippen molar-refractivity contribution in [2.75, 3.05) is 6.54 Å². The molecule has 4 nitrogen and oxygen atoms in total. The molecule has 0 bridgehead atoms. The molecule has 1 aromatic carbocycles. The Morgan fingerprint density at radius 2 is 1.95 bits per heavy atom. The van der Waals surface area contributed by atoms with E-state index < -0.39 is 0 Å². The van der Waals surface area contributed by atoms with Gasteiger partial charge >= 0.3 is 0 Å². The molecular formula is C18H26N2O2. The van der Waals surface area contributed by atoms with Crippen molar-refractivity contribution < 1.29 is 5.11 Å². The van der Waals surface area contributed by atoms with Gasteiger partial charge in [0.25, 0.3) is 5.56 Å². The fourth-order valence-electron chi connectivity index (χ4n) is 2.85. The Hall–Kier alpha value is -1.65. The number of nitrogens with one attached hydrogen (secondary N) is 2. The lowest BCUT2D eigenvalue weighted by Gasteiger charge is -2.33. The first-order valence-electron chi connectivity index (χ1n) is 7.81. The molecule has 0 saturated heterocycles. The Labute approximate surface area is 131 Å². The van der Waals surface area contributed by atoms with Crippen LogP contribution in [0.4, 0.5) is 0 Å². The molecule has 0 fully saturated rings. The van der Waals surface area contributed by atoms with Gasteiger partial charge in [-0.1, -0.05) is 45.9 Å². The topological polar surface area (TPSA) is 65.1 Å². The number of H-pyrrole nitrogens is 1. The normalized spacial score (nSPS) is 13.7. The van der Waals surface area contributed by atoms with E-state index in [0.29, 0.717) is 18.7 Å². The molecule has 0 aliphatic rings. The average molecular weight is 302 g/mol. The van der Waals surface area contributed by atoms with Crippen LogP contribution in [-0.4, -0.2) is 22.7 Å². The van der Waals surface area contributed by atoms with Crippen molar-refractivity contribution in [3.05, 3.63) is 46.2 Å². The number of pyridine rings is 1. The fourth-order valence-corrected chi connectivity index (χ4v) is 2.85. The van der Waals surface area contributed by atoms with Crippen LogP contribution in [0.1, 0.15) is 33.3 Å². The Morgan fingerprint density at radius 1 is 1.27 bits per heavy atom. The third-order valence-electron chi connectivity index (χ3n) is 4.16. The van der Waals surface area contributed by atoms with Gasteiger partial charge in [-0.3, -0.25) is 4.79 Å². The maximum absolute atomic E-state index is 12.1. The highest BCUT2D eigenvalue weighted by atomic mass is 16.3. The van der Waals surface area contributed by atoms with Crippen molar-refractivity contribution in [3.8, 4) is 0 Å². The zero-order valence-corrected chi connectivity index (χ0v) is 13.8. The van der Waals surface area contributed by atoms with Crippen LogP contribution in [0.15, 0.2) is 35.1 Å². The number of hydrogen-bond acceptors (Lipinski definition) is 3. The molecule has 0 saturated carbocycles. The fraction of sp³-hybridized carbons (Fsp3) is 0.500. The minimum Gasteiger partial charge on any atom is -0.392 e. The Morgan fingerprint density at radius 3 is 2.64 bits per heavy atom. The smallest absolute Gasteiger partial charge is 0.252 e. The lowest BCUT2D eigenvalue weighted by atomic mass is 9.80. The molecule has 0 amide bonds. The van der Waals surface area contributed by atoms with E-state index in [0.717, 1.165) is 10.9 Å². The third-order valence-corrected chi connectivity index (χ3v) is 4.16. The van der Waals surface area contributed by atoms with Crippen molar-refractivity contribution in [1.82, 2.24) is 10.3 Å². The summed E-state index contributed by atoms with van der Waals surface area (Å²) in [6.07, 6.45) is -0.380. The summed E-state index contributed by atoms with van der Waals surface area (Å²) in [6, 6.07) is 9.68. The highest BCUT2D eigenvalue weighted by molar-refractivity contribution is 5.78. The van der Waals surface area contributed by atoms with E-state index >= 15 is 0 Å². The highest BCUT2D eigenvalue weighted by Crippen LogP contribution is 2.25. The van der Waals surface area contributed by atoms with Crippen molar-refractivity contribution >= 4 is 10.9 Å². The molecular weight excluding hydrogens is 276 g/mol. The van der Waals surface area contributed by atoms with Gasteiger partial charge in [0.2, 0.25) is 0 Å². The molecule has 0 aliphatic heterocycles. The van der Waals surface area contributed by atoms with E-state index in [1.807, 2.05) is 58.0 Å². The highest BCUT2D eigenvalue weighted by Gasteiger charge is 2.29. The minimum absolute atomic E-state index is 0.0617. The van der Waals surface area contributed by atoms with Gasteiger partial charge in [0, 0.05) is 29.6 Å². The first-order valence-corrected chi connectivity index (χ1v) is 7.81. The summed E-state index contributed by atoms with van der Waals surface area (Å²) in [5.41, 5.74) is 1.27. The SMILES string of the molecule is CC(C)C(O)C(C)(C)CNCc1cc2ccccc2[nH]c1=O. The number of rotatable bonds is 6. The Bertz CT molecular complexity index is 689. The second-order valence-electron chi connectivity index (χ2n) is 6.99. The van der Waals surface area contributed by atoms with E-state index in [1.165, 1.54) is 0 Å². The molecule has 3 N–H and O–H groups in total. The number of aliphatic hydroxyl groups is 1. The van der Waals surface area contributed by atoms with Gasteiger partial charge in [-0.05, 0) is 23.4 Å². The lowest BCUT2D eigenvalue weighted by Crippen LogP contribution is -2.42. The quantitative estimate of drug-likeness (QED) is 0.768. The zero-order chi connectivity index (χ0) is 16.3. The van der Waals surface area contributed by atoms with Gasteiger partial charge in [-0.15, -0.1) is 0 Å². The number of aliphatic hydroxyl groups excluding tert-OH is 1. The predicted molar refractivity (Wildman–Crippen MR) is 90.9 cm³/mol. The summed E-state index contributed by atoms with van der Waals surface area (Å²) in [5, 5.41) is 14.6. The Balaban J connectivity index is 2.06. The molecule has 1 aromatic heterocycles. The monoisotopic (exact) mass is 302 g/mol. The van der Waals surface area contributed by atoms with E-state index in [2.05, 4.69) is 10.3 Å². The van der Waals surface area contributed by atoms with E-state index in [9.17, 15) is 9.90 Å². The van der Waals surface area contributed by atoms with Gasteiger partial charge < -0.3 is 15.4 Å². The van der Waals surface area contributed by atoms with Gasteiger partial charge in [-0.2, -0.15) is 0 Å². The number of hydrogen-bond donors (Lipinski definition) is 3. The van der Waals surface area contributed by atoms with Crippen LogP contribution in [0, 0.1) is 11.3 Å². The zero-order valence-electron chi connectivity index (χ0n) is 13.8. The van der Waals surface area contributed by atoms with Crippen LogP contribution in [0.25, 0.3) is 10.9 Å². The first-order chi connectivity index (χ1) is 10.3. The van der Waals surface area contributed by atoms with E-state index in [4.69, 9.17) is 0 Å². The van der Waals surface area contributed by atoms with Crippen molar-refractivity contribution in [3.63, 3.8) is 0 Å². The van der Waals surface area contributed by atoms with Crippen LogP contribution in [0.5, 0.6) is 0 Å². The molecule has 1 atom stereocenters. The van der Waals surface area contributed by atoms with Crippen LogP contribution in [0.2, 0.25) is 0 Å². The lowest BCUT2D eigenvalue weighted by molar-refractivity contribution is 0.0134. The number of aromatic nitrogens is 1. The van der Waals surface area contributed by atoms with Crippen molar-refractivity contribution in [2.24, 2.45) is 11.3 Å². The van der Waals surface area contributed by atoms with Crippen LogP contribution < -0.4 is 10.9 Å². The number of benzene rings is 1. The molecule has 22 heavy (non-hydrogen) atoms. The molecule has 1 heterocycles. The molecule has 0 aliphatic carbocycles. The second kappa shape index (κ2) is 6.63. The maximum atomic E-state index is 12.1. The second-order valence-corrected chi connectivity index (χ2v) is 6.99. The van der Waals surface area contributed by atoms with Crippen LogP contribution in [-0.2, 0) is 6.54 Å². The largest absolute Gasteiger partial charge is 0.392 e. The van der Waals surface area contributed by atoms with Gasteiger partial charge in [0.05, 0.1) is 6.10 Å². The summed E-state index contributed by atoms with van der Waals surface area (Å²) in [5.74, 6) is 0.209. The van der Waals surface area contributed by atoms with Gasteiger partial charge in [0.1, 0.15) is 0 Å². The summed E-state index contributed by atoms with van der Waals surface area (Å²) in [6.45, 7) is 9.25. The molecule has 0 radical (unpaired) electrons. The predicted octanol–water partition coefficient (Wildman–Crippen LogP) is 2.66. The number of aromatic amines is 1. The Kier molecular flexibility index (Phi) is 5.04. The summed E-state index contributed by atoms with van der Waals surface area (Å²) >= 11 is 0. The van der Waals surface area contributed by atoms with Crippen molar-refractivity contribution in [1.29, 1.82) is 0 Å². The summed E-state index contributed by atoms with van der Waals surface area (Å²) < 4.78 is 0. The molecule has 0 spiro atoms.